The lowest BCUT2D eigenvalue weighted by Gasteiger charge is -2.31. The van der Waals surface area contributed by atoms with Gasteiger partial charge in [0.1, 0.15) is 0 Å². The van der Waals surface area contributed by atoms with Gasteiger partial charge in [0.2, 0.25) is 0 Å². The van der Waals surface area contributed by atoms with E-state index in [1.54, 1.807) is 0 Å². The Morgan fingerprint density at radius 2 is 1.69 bits per heavy atom. The molecule has 0 fully saturated rings. The van der Waals surface area contributed by atoms with Gasteiger partial charge in [0.15, 0.2) is 8.32 Å². The summed E-state index contributed by atoms with van der Waals surface area (Å²) in [5.41, 5.74) is 3.75. The van der Waals surface area contributed by atoms with Crippen molar-refractivity contribution in [3.63, 3.8) is 0 Å². The van der Waals surface area contributed by atoms with Gasteiger partial charge < -0.3 is 8.54 Å². The van der Waals surface area contributed by atoms with E-state index < -0.39 is 16.9 Å². The third kappa shape index (κ3) is 4.56. The van der Waals surface area contributed by atoms with Crippen molar-refractivity contribution >= 4 is 16.9 Å². The molecule has 76 valence electrons. The van der Waals surface area contributed by atoms with E-state index in [0.717, 1.165) is 0 Å². The molecule has 13 heavy (non-hydrogen) atoms. The van der Waals surface area contributed by atoms with Gasteiger partial charge in [-0.15, -0.1) is 13.2 Å². The summed E-state index contributed by atoms with van der Waals surface area (Å²) in [6.45, 7) is 16.4. The zero-order chi connectivity index (χ0) is 10.5. The molecule has 0 rings (SSSR count). The highest BCUT2D eigenvalue weighted by Crippen LogP contribution is 2.16. The van der Waals surface area contributed by atoms with Crippen LogP contribution in [-0.2, 0) is 8.54 Å². The molecule has 0 aromatic rings. The van der Waals surface area contributed by atoms with E-state index in [4.69, 9.17) is 8.54 Å². The first kappa shape index (κ1) is 12.8. The molecule has 0 saturated heterocycles. The first-order chi connectivity index (χ1) is 5.89. The normalized spacial score (nSPS) is 16.3. The smallest absolute Gasteiger partial charge is 0.351 e. The zero-order valence-corrected chi connectivity index (χ0v) is 11.1. The second-order valence-corrected chi connectivity index (χ2v) is 10.7. The van der Waals surface area contributed by atoms with Gasteiger partial charge >= 0.3 is 8.56 Å². The topological polar surface area (TPSA) is 18.5 Å². The van der Waals surface area contributed by atoms with Crippen molar-refractivity contribution in [3.05, 3.63) is 24.6 Å². The Morgan fingerprint density at radius 1 is 1.15 bits per heavy atom. The zero-order valence-electron chi connectivity index (χ0n) is 9.09. The Labute approximate surface area is 83.6 Å². The van der Waals surface area contributed by atoms with E-state index in [-0.39, 0.29) is 0 Å². The van der Waals surface area contributed by atoms with Crippen LogP contribution < -0.4 is 0 Å². The Bertz CT molecular complexity index is 192. The highest BCUT2D eigenvalue weighted by atomic mass is 28.4. The summed E-state index contributed by atoms with van der Waals surface area (Å²) in [4.78, 5) is 0. The molecule has 0 aliphatic rings. The molecule has 0 aromatic carbocycles. The van der Waals surface area contributed by atoms with Crippen LogP contribution in [0.3, 0.4) is 0 Å². The van der Waals surface area contributed by atoms with E-state index >= 15 is 0 Å². The minimum atomic E-state index is -2.13. The summed E-state index contributed by atoms with van der Waals surface area (Å²) in [7, 11) is -3.87. The molecule has 0 N–H and O–H groups in total. The lowest BCUT2D eigenvalue weighted by Crippen LogP contribution is -2.46. The summed E-state index contributed by atoms with van der Waals surface area (Å²) in [6.07, 6.45) is 0. The van der Waals surface area contributed by atoms with Crippen molar-refractivity contribution in [2.24, 2.45) is 0 Å². The standard InChI is InChI=1S/C9H20O2Si2/c1-7-10-13(6,9-3)11-12(4,5)8-2/h8-9H,2-3,7H2,1,4-6H3. The van der Waals surface area contributed by atoms with Gasteiger partial charge in [-0.05, 0) is 26.6 Å². The van der Waals surface area contributed by atoms with Crippen molar-refractivity contribution in [2.75, 3.05) is 6.61 Å². The first-order valence-corrected chi connectivity index (χ1v) is 9.88. The number of hydrogen-bond donors (Lipinski definition) is 0. The number of rotatable bonds is 6. The van der Waals surface area contributed by atoms with E-state index in [1.807, 2.05) is 24.9 Å². The summed E-state index contributed by atoms with van der Waals surface area (Å²) >= 11 is 0. The molecule has 0 heterocycles. The van der Waals surface area contributed by atoms with Crippen LogP contribution in [0.4, 0.5) is 0 Å². The summed E-state index contributed by atoms with van der Waals surface area (Å²) in [5, 5.41) is 0. The van der Waals surface area contributed by atoms with E-state index in [0.29, 0.717) is 6.61 Å². The predicted molar refractivity (Wildman–Crippen MR) is 62.2 cm³/mol. The molecule has 0 saturated carbocycles. The number of hydrogen-bond acceptors (Lipinski definition) is 2. The lowest BCUT2D eigenvalue weighted by molar-refractivity contribution is 0.268. The van der Waals surface area contributed by atoms with Crippen molar-refractivity contribution in [2.45, 2.75) is 26.6 Å². The van der Waals surface area contributed by atoms with Gasteiger partial charge in [0, 0.05) is 6.61 Å². The molecule has 0 bridgehead atoms. The SMILES string of the molecule is C=C[Si](C)(C)O[Si](C)(C=C)OCC. The summed E-state index contributed by atoms with van der Waals surface area (Å²) in [5.74, 6) is 0. The van der Waals surface area contributed by atoms with E-state index in [2.05, 4.69) is 26.3 Å². The molecule has 1 unspecified atom stereocenters. The van der Waals surface area contributed by atoms with Crippen molar-refractivity contribution in [1.82, 2.24) is 0 Å². The van der Waals surface area contributed by atoms with Gasteiger partial charge in [0.25, 0.3) is 0 Å². The maximum Gasteiger partial charge on any atom is 0.351 e. The van der Waals surface area contributed by atoms with Gasteiger partial charge in [-0.2, -0.15) is 0 Å². The van der Waals surface area contributed by atoms with Gasteiger partial charge in [-0.1, -0.05) is 11.4 Å². The van der Waals surface area contributed by atoms with Crippen LogP contribution in [0.15, 0.2) is 24.6 Å². The van der Waals surface area contributed by atoms with Gasteiger partial charge in [0.05, 0.1) is 0 Å². The predicted octanol–water partition coefficient (Wildman–Crippen LogP) is 2.77. The molecule has 2 nitrogen and oxygen atoms in total. The van der Waals surface area contributed by atoms with Crippen molar-refractivity contribution < 1.29 is 8.54 Å². The Balaban J connectivity index is 4.42. The molecular formula is C9H20O2Si2. The highest BCUT2D eigenvalue weighted by Gasteiger charge is 2.34. The van der Waals surface area contributed by atoms with E-state index in [1.165, 1.54) is 0 Å². The van der Waals surface area contributed by atoms with Gasteiger partial charge in [-0.25, -0.2) is 0 Å². The fourth-order valence-electron chi connectivity index (χ4n) is 0.981. The maximum atomic E-state index is 5.98. The van der Waals surface area contributed by atoms with Gasteiger partial charge in [-0.3, -0.25) is 0 Å². The quantitative estimate of drug-likeness (QED) is 0.636. The molecule has 0 radical (unpaired) electrons. The second-order valence-electron chi connectivity index (χ2n) is 3.56. The molecule has 0 aliphatic carbocycles. The summed E-state index contributed by atoms with van der Waals surface area (Å²) < 4.78 is 11.6. The average Bonchev–Trinajstić information content (AvgIpc) is 2.04. The van der Waals surface area contributed by atoms with Crippen LogP contribution in [0.5, 0.6) is 0 Å². The summed E-state index contributed by atoms with van der Waals surface area (Å²) in [6, 6.07) is 0. The first-order valence-electron chi connectivity index (χ1n) is 4.50. The lowest BCUT2D eigenvalue weighted by atomic mass is 10.9. The van der Waals surface area contributed by atoms with Crippen LogP contribution in [0.25, 0.3) is 0 Å². The molecule has 0 spiro atoms. The monoisotopic (exact) mass is 216 g/mol. The molecule has 0 aliphatic heterocycles. The Morgan fingerprint density at radius 3 is 2.00 bits per heavy atom. The molecular weight excluding hydrogens is 196 g/mol. The van der Waals surface area contributed by atoms with Crippen LogP contribution in [0.1, 0.15) is 6.92 Å². The van der Waals surface area contributed by atoms with Crippen molar-refractivity contribution in [3.8, 4) is 0 Å². The van der Waals surface area contributed by atoms with Crippen LogP contribution in [-0.4, -0.2) is 23.5 Å². The largest absolute Gasteiger partial charge is 0.430 e. The molecule has 4 heteroatoms. The van der Waals surface area contributed by atoms with Crippen LogP contribution in [0, 0.1) is 0 Å². The highest BCUT2D eigenvalue weighted by molar-refractivity contribution is 6.87. The molecule has 1 atom stereocenters. The van der Waals surface area contributed by atoms with Crippen molar-refractivity contribution in [1.29, 1.82) is 0 Å². The maximum absolute atomic E-state index is 5.98. The molecule has 0 aromatic heterocycles. The third-order valence-electron chi connectivity index (χ3n) is 1.76. The minimum Gasteiger partial charge on any atom is -0.430 e. The average molecular weight is 216 g/mol. The minimum absolute atomic E-state index is 0.677. The van der Waals surface area contributed by atoms with Crippen LogP contribution in [0.2, 0.25) is 19.6 Å². The third-order valence-corrected chi connectivity index (χ3v) is 8.07. The van der Waals surface area contributed by atoms with Crippen LogP contribution >= 0.6 is 0 Å². The second kappa shape index (κ2) is 4.90. The molecule has 0 amide bonds. The fraction of sp³-hybridized carbons (Fsp3) is 0.556. The van der Waals surface area contributed by atoms with E-state index in [9.17, 15) is 0 Å². The Kier molecular flexibility index (Phi) is 4.84. The fourth-order valence-corrected chi connectivity index (χ4v) is 6.75. The Hall–Kier alpha value is -0.166.